The summed E-state index contributed by atoms with van der Waals surface area (Å²) in [7, 11) is 0. The fourth-order valence-corrected chi connectivity index (χ4v) is 4.04. The lowest BCUT2D eigenvalue weighted by Crippen LogP contribution is -2.55. The van der Waals surface area contributed by atoms with Gasteiger partial charge in [-0.1, -0.05) is 48.5 Å². The van der Waals surface area contributed by atoms with Gasteiger partial charge in [0.2, 0.25) is 11.8 Å². The van der Waals surface area contributed by atoms with Crippen LogP contribution in [0.5, 0.6) is 0 Å². The Morgan fingerprint density at radius 3 is 2.00 bits per heavy atom. The van der Waals surface area contributed by atoms with E-state index < -0.39 is 42.6 Å². The maximum atomic E-state index is 14.1. The molecule has 0 aliphatic heterocycles. The van der Waals surface area contributed by atoms with Crippen LogP contribution in [0.3, 0.4) is 0 Å². The van der Waals surface area contributed by atoms with Crippen LogP contribution in [-0.2, 0) is 22.7 Å². The molecule has 11 nitrogen and oxygen atoms in total. The van der Waals surface area contributed by atoms with E-state index in [2.05, 4.69) is 20.6 Å². The Bertz CT molecular complexity index is 1670. The van der Waals surface area contributed by atoms with E-state index >= 15 is 0 Å². The maximum absolute atomic E-state index is 14.1. The Morgan fingerprint density at radius 2 is 1.40 bits per heavy atom. The van der Waals surface area contributed by atoms with Crippen LogP contribution in [0, 0.1) is 11.6 Å². The Kier molecular flexibility index (Phi) is 8.47. The molecular formula is C29H25F2N7O4. The molecule has 2 aromatic heterocycles. The zero-order valence-electron chi connectivity index (χ0n) is 22.1. The summed E-state index contributed by atoms with van der Waals surface area (Å²) in [6, 6.07) is 17.8. The summed E-state index contributed by atoms with van der Waals surface area (Å²) in [6.45, 7) is -1.37. The number of benzene rings is 3. The molecule has 0 unspecified atom stereocenters. The number of nitrogens with zero attached hydrogens (tertiary/aromatic N) is 5. The molecular weight excluding hydrogens is 548 g/mol. The van der Waals surface area contributed by atoms with E-state index in [1.807, 2.05) is 0 Å². The van der Waals surface area contributed by atoms with E-state index in [4.69, 9.17) is 4.42 Å². The Balaban J connectivity index is 1.43. The number of oxazole rings is 1. The molecule has 13 heteroatoms. The molecule has 0 fully saturated rings. The lowest BCUT2D eigenvalue weighted by molar-refractivity contribution is -0.123. The van der Waals surface area contributed by atoms with Crippen molar-refractivity contribution in [2.75, 3.05) is 18.1 Å². The molecule has 42 heavy (non-hydrogen) atoms. The van der Waals surface area contributed by atoms with Crippen molar-refractivity contribution in [2.24, 2.45) is 0 Å². The van der Waals surface area contributed by atoms with E-state index in [0.717, 1.165) is 14.6 Å². The Labute approximate surface area is 238 Å². The predicted molar refractivity (Wildman–Crippen MR) is 148 cm³/mol. The highest BCUT2D eigenvalue weighted by atomic mass is 19.1. The van der Waals surface area contributed by atoms with Crippen LogP contribution in [0.2, 0.25) is 0 Å². The largest absolute Gasteiger partial charge is 0.422 e. The number of hydrogen-bond donors (Lipinski definition) is 2. The van der Waals surface area contributed by atoms with Crippen molar-refractivity contribution < 1.29 is 27.6 Å². The van der Waals surface area contributed by atoms with Gasteiger partial charge in [-0.2, -0.15) is 4.98 Å². The molecule has 5 rings (SSSR count). The Morgan fingerprint density at radius 1 is 0.810 bits per heavy atom. The fourth-order valence-electron chi connectivity index (χ4n) is 4.04. The SMILES string of the molecule is O=C(CN(C(=O)n1ccnc1)N(CC(=O)NCc1ccccc1F)c1nc2ccccc2o1)NCc1ccccc1F. The number of imidazole rings is 1. The van der Waals surface area contributed by atoms with Crippen LogP contribution < -0.4 is 15.6 Å². The number of anilines is 1. The van der Waals surface area contributed by atoms with E-state index in [-0.39, 0.29) is 30.2 Å². The molecule has 3 aromatic carbocycles. The normalized spacial score (nSPS) is 10.8. The standard InChI is InChI=1S/C29H25F2N7O4/c30-22-9-3-1-7-20(22)15-33-26(39)17-37(28-35-24-11-5-6-12-25(24)42-28)38(29(41)36-14-13-32-19-36)18-27(40)34-16-21-8-2-4-10-23(21)31/h1-14,19H,15-18H2,(H,33,39)(H,34,40). The molecule has 5 aromatic rings. The number of aromatic nitrogens is 3. The number of para-hydroxylation sites is 2. The molecule has 0 radical (unpaired) electrons. The summed E-state index contributed by atoms with van der Waals surface area (Å²) >= 11 is 0. The summed E-state index contributed by atoms with van der Waals surface area (Å²) in [6.07, 6.45) is 3.98. The molecule has 0 saturated carbocycles. The van der Waals surface area contributed by atoms with E-state index in [9.17, 15) is 23.2 Å². The third-order valence-corrected chi connectivity index (χ3v) is 6.20. The minimum atomic E-state index is -0.752. The molecule has 214 valence electrons. The molecule has 0 aliphatic carbocycles. The minimum Gasteiger partial charge on any atom is -0.422 e. The zero-order valence-corrected chi connectivity index (χ0v) is 22.1. The van der Waals surface area contributed by atoms with Gasteiger partial charge in [0.05, 0.1) is 0 Å². The molecule has 2 heterocycles. The first kappa shape index (κ1) is 28.0. The monoisotopic (exact) mass is 573 g/mol. The third-order valence-electron chi connectivity index (χ3n) is 6.20. The quantitative estimate of drug-likeness (QED) is 0.245. The molecule has 0 aliphatic rings. The molecule has 0 atom stereocenters. The van der Waals surface area contributed by atoms with Crippen molar-refractivity contribution in [1.82, 2.24) is 30.2 Å². The second-order valence-corrected chi connectivity index (χ2v) is 9.07. The molecule has 2 N–H and O–H groups in total. The van der Waals surface area contributed by atoms with Crippen LogP contribution in [0.1, 0.15) is 11.1 Å². The van der Waals surface area contributed by atoms with Crippen LogP contribution in [0.4, 0.5) is 19.6 Å². The van der Waals surface area contributed by atoms with Gasteiger partial charge in [-0.05, 0) is 24.3 Å². The summed E-state index contributed by atoms with van der Waals surface area (Å²) < 4.78 is 35.2. The lowest BCUT2D eigenvalue weighted by Gasteiger charge is -2.32. The average molecular weight is 574 g/mol. The van der Waals surface area contributed by atoms with Gasteiger partial charge in [-0.15, -0.1) is 0 Å². The summed E-state index contributed by atoms with van der Waals surface area (Å²) in [4.78, 5) is 48.1. The van der Waals surface area contributed by atoms with Gasteiger partial charge in [0.1, 0.15) is 36.6 Å². The van der Waals surface area contributed by atoms with Gasteiger partial charge in [-0.3, -0.25) is 14.2 Å². The van der Waals surface area contributed by atoms with Gasteiger partial charge >= 0.3 is 12.0 Å². The van der Waals surface area contributed by atoms with Crippen LogP contribution in [-0.4, -0.2) is 50.5 Å². The second-order valence-electron chi connectivity index (χ2n) is 9.07. The number of carbonyl (C=O) groups is 3. The van der Waals surface area contributed by atoms with Crippen molar-refractivity contribution in [3.8, 4) is 0 Å². The molecule has 3 amide bonds. The molecule has 0 saturated heterocycles. The highest BCUT2D eigenvalue weighted by molar-refractivity contribution is 5.88. The first-order valence-corrected chi connectivity index (χ1v) is 12.8. The Hall–Kier alpha value is -5.59. The average Bonchev–Trinajstić information content (AvgIpc) is 3.68. The zero-order chi connectivity index (χ0) is 29.5. The number of nitrogens with one attached hydrogen (secondary N) is 2. The number of rotatable bonds is 10. The second kappa shape index (κ2) is 12.7. The first-order valence-electron chi connectivity index (χ1n) is 12.8. The first-order chi connectivity index (χ1) is 20.4. The van der Waals surface area contributed by atoms with Crippen LogP contribution in [0.25, 0.3) is 11.1 Å². The van der Waals surface area contributed by atoms with E-state index in [1.165, 1.54) is 55.1 Å². The maximum Gasteiger partial charge on any atom is 0.348 e. The highest BCUT2D eigenvalue weighted by Crippen LogP contribution is 2.23. The van der Waals surface area contributed by atoms with Crippen molar-refractivity contribution in [1.29, 1.82) is 0 Å². The van der Waals surface area contributed by atoms with Gasteiger partial charge in [0, 0.05) is 36.6 Å². The lowest BCUT2D eigenvalue weighted by atomic mass is 10.2. The topological polar surface area (TPSA) is 126 Å². The van der Waals surface area contributed by atoms with Crippen LogP contribution >= 0.6 is 0 Å². The number of hydrogen-bond acceptors (Lipinski definition) is 7. The predicted octanol–water partition coefficient (Wildman–Crippen LogP) is 3.63. The van der Waals surface area contributed by atoms with E-state index in [0.29, 0.717) is 11.1 Å². The van der Waals surface area contributed by atoms with Crippen molar-refractivity contribution in [2.45, 2.75) is 13.1 Å². The van der Waals surface area contributed by atoms with Gasteiger partial charge < -0.3 is 15.1 Å². The van der Waals surface area contributed by atoms with Crippen molar-refractivity contribution in [3.63, 3.8) is 0 Å². The number of halogens is 2. The number of carbonyl (C=O) groups excluding carboxylic acids is 3. The smallest absolute Gasteiger partial charge is 0.348 e. The van der Waals surface area contributed by atoms with Gasteiger partial charge in [-0.25, -0.2) is 28.6 Å². The van der Waals surface area contributed by atoms with Gasteiger partial charge in [0.25, 0.3) is 0 Å². The summed E-state index contributed by atoms with van der Waals surface area (Å²) in [5.41, 5.74) is 1.34. The summed E-state index contributed by atoms with van der Waals surface area (Å²) in [5.74, 6) is -2.25. The highest BCUT2D eigenvalue weighted by Gasteiger charge is 2.31. The number of hydrazine groups is 1. The molecule has 0 bridgehead atoms. The minimum absolute atomic E-state index is 0.120. The van der Waals surface area contributed by atoms with Crippen LogP contribution in [0.15, 0.2) is 95.9 Å². The number of amides is 3. The number of fused-ring (bicyclic) bond motifs is 1. The third kappa shape index (κ3) is 6.58. The van der Waals surface area contributed by atoms with Crippen molar-refractivity contribution >= 4 is 35.0 Å². The van der Waals surface area contributed by atoms with Crippen molar-refractivity contribution in [3.05, 3.63) is 114 Å². The summed E-state index contributed by atoms with van der Waals surface area (Å²) in [5, 5.41) is 7.29. The van der Waals surface area contributed by atoms with E-state index in [1.54, 1.807) is 36.4 Å². The fraction of sp³-hybridized carbons (Fsp3) is 0.138. The molecule has 0 spiro atoms. The van der Waals surface area contributed by atoms with Gasteiger partial charge in [0.15, 0.2) is 5.58 Å².